The lowest BCUT2D eigenvalue weighted by molar-refractivity contribution is -0.170. The van der Waals surface area contributed by atoms with Crippen LogP contribution >= 0.6 is 0 Å². The fraction of sp³-hybridized carbons (Fsp3) is 0.333. The number of ether oxygens (including phenoxy) is 3. The van der Waals surface area contributed by atoms with Crippen molar-refractivity contribution in [3.05, 3.63) is 131 Å². The number of nitrogens with one attached hydrogen (secondary N) is 1. The van der Waals surface area contributed by atoms with E-state index in [1.165, 1.54) is 11.1 Å². The summed E-state index contributed by atoms with van der Waals surface area (Å²) in [6.45, 7) is 12.6. The Hall–Kier alpha value is -3.60. The van der Waals surface area contributed by atoms with Gasteiger partial charge in [0.15, 0.2) is 0 Å². The molecule has 0 spiro atoms. The van der Waals surface area contributed by atoms with Gasteiger partial charge >= 0.3 is 0 Å². The summed E-state index contributed by atoms with van der Waals surface area (Å²) in [6.07, 6.45) is -0.598. The first kappa shape index (κ1) is 27.9. The van der Waals surface area contributed by atoms with E-state index in [0.29, 0.717) is 13.2 Å². The van der Waals surface area contributed by atoms with Crippen molar-refractivity contribution in [2.45, 2.75) is 77.6 Å². The summed E-state index contributed by atoms with van der Waals surface area (Å²) in [5.41, 5.74) is 6.42. The molecule has 4 aromatic carbocycles. The number of anilines is 1. The van der Waals surface area contributed by atoms with Gasteiger partial charge in [-0.15, -0.1) is 0 Å². The van der Waals surface area contributed by atoms with Crippen LogP contribution in [0.15, 0.2) is 103 Å². The van der Waals surface area contributed by atoms with Crippen molar-refractivity contribution in [2.24, 2.45) is 0 Å². The van der Waals surface area contributed by atoms with E-state index in [4.69, 9.17) is 14.2 Å². The smallest absolute Gasteiger partial charge is 0.132 e. The Balaban J connectivity index is 1.39. The normalized spacial score (nSPS) is 18.0. The third-order valence-corrected chi connectivity index (χ3v) is 7.51. The molecule has 1 N–H and O–H groups in total. The number of benzene rings is 4. The molecule has 0 bridgehead atoms. The third kappa shape index (κ3) is 6.75. The summed E-state index contributed by atoms with van der Waals surface area (Å²) in [7, 11) is 0. The number of hydrogen-bond acceptors (Lipinski definition) is 4. The fourth-order valence-electron chi connectivity index (χ4n) is 5.16. The van der Waals surface area contributed by atoms with Gasteiger partial charge in [0.2, 0.25) is 0 Å². The lowest BCUT2D eigenvalue weighted by atomic mass is 9.87. The zero-order chi connectivity index (χ0) is 28.2. The minimum atomic E-state index is -0.577. The summed E-state index contributed by atoms with van der Waals surface area (Å²) in [4.78, 5) is 0. The second kappa shape index (κ2) is 11.9. The van der Waals surface area contributed by atoms with Crippen LogP contribution in [0.2, 0.25) is 0 Å². The van der Waals surface area contributed by atoms with Crippen LogP contribution in [0.3, 0.4) is 0 Å². The molecule has 0 saturated carbocycles. The molecule has 40 heavy (non-hydrogen) atoms. The average molecular weight is 536 g/mol. The molecule has 5 rings (SSSR count). The predicted molar refractivity (Wildman–Crippen MR) is 163 cm³/mol. The fourth-order valence-corrected chi connectivity index (χ4v) is 5.16. The zero-order valence-corrected chi connectivity index (χ0v) is 24.3. The largest absolute Gasteiger partial charge is 0.485 e. The standard InChI is InChI=1S/C36H41NO3/c1-35(2,3)29-18-16-26(17-19-29)23-37-30-20-21-32-31(22-30)33(38-24-27-12-8-6-9-13-27)34(36(4,5)40-32)39-25-28-14-10-7-11-15-28/h6-22,33-34,37H,23-25H2,1-5H3. The average Bonchev–Trinajstić information content (AvgIpc) is 2.94. The summed E-state index contributed by atoms with van der Waals surface area (Å²) in [6, 6.07) is 35.7. The first-order valence-corrected chi connectivity index (χ1v) is 14.2. The molecular formula is C36H41NO3. The number of fused-ring (bicyclic) bond motifs is 1. The van der Waals surface area contributed by atoms with Crippen LogP contribution in [0.5, 0.6) is 5.75 Å². The molecule has 4 nitrogen and oxygen atoms in total. The van der Waals surface area contributed by atoms with E-state index in [0.717, 1.165) is 34.7 Å². The van der Waals surface area contributed by atoms with Crippen LogP contribution < -0.4 is 10.1 Å². The Kier molecular flexibility index (Phi) is 8.30. The van der Waals surface area contributed by atoms with Gasteiger partial charge < -0.3 is 19.5 Å². The molecule has 0 radical (unpaired) electrons. The summed E-state index contributed by atoms with van der Waals surface area (Å²) in [5.74, 6) is 0.836. The lowest BCUT2D eigenvalue weighted by Crippen LogP contribution is -2.50. The molecule has 1 aliphatic heterocycles. The minimum absolute atomic E-state index is 0.145. The predicted octanol–water partition coefficient (Wildman–Crippen LogP) is 8.61. The second-order valence-electron chi connectivity index (χ2n) is 12.2. The maximum atomic E-state index is 6.66. The molecule has 0 aliphatic carbocycles. The Morgan fingerprint density at radius 1 is 0.725 bits per heavy atom. The van der Waals surface area contributed by atoms with E-state index < -0.39 is 5.60 Å². The molecule has 2 atom stereocenters. The molecule has 0 aromatic heterocycles. The number of rotatable bonds is 9. The van der Waals surface area contributed by atoms with E-state index >= 15 is 0 Å². The van der Waals surface area contributed by atoms with E-state index in [2.05, 4.69) is 107 Å². The van der Waals surface area contributed by atoms with Gasteiger partial charge in [-0.05, 0) is 59.7 Å². The molecule has 208 valence electrons. The second-order valence-corrected chi connectivity index (χ2v) is 12.2. The van der Waals surface area contributed by atoms with Crippen LogP contribution in [-0.4, -0.2) is 11.7 Å². The van der Waals surface area contributed by atoms with E-state index in [1.807, 2.05) is 36.4 Å². The van der Waals surface area contributed by atoms with Crippen molar-refractivity contribution in [3.63, 3.8) is 0 Å². The highest BCUT2D eigenvalue weighted by atomic mass is 16.6. The van der Waals surface area contributed by atoms with E-state index in [9.17, 15) is 0 Å². The van der Waals surface area contributed by atoms with Crippen LogP contribution in [0.25, 0.3) is 0 Å². The Bertz CT molecular complexity index is 1380. The summed E-state index contributed by atoms with van der Waals surface area (Å²) >= 11 is 0. The van der Waals surface area contributed by atoms with Gasteiger partial charge in [0, 0.05) is 17.8 Å². The van der Waals surface area contributed by atoms with Crippen LogP contribution in [0.1, 0.15) is 68.5 Å². The Labute approximate surface area is 239 Å². The summed E-state index contributed by atoms with van der Waals surface area (Å²) < 4.78 is 19.8. The first-order valence-electron chi connectivity index (χ1n) is 14.2. The van der Waals surface area contributed by atoms with E-state index in [-0.39, 0.29) is 17.6 Å². The maximum absolute atomic E-state index is 6.66. The van der Waals surface area contributed by atoms with Gasteiger partial charge in [0.05, 0.1) is 13.2 Å². The molecule has 0 fully saturated rings. The molecule has 2 unspecified atom stereocenters. The molecule has 0 saturated heterocycles. The molecule has 1 aliphatic rings. The molecule has 1 heterocycles. The molecular weight excluding hydrogens is 494 g/mol. The molecule has 4 heteroatoms. The minimum Gasteiger partial charge on any atom is -0.485 e. The highest BCUT2D eigenvalue weighted by Gasteiger charge is 2.45. The SMILES string of the molecule is CC(C)(C)c1ccc(CNc2ccc3c(c2)C(OCc2ccccc2)C(OCc2ccccc2)C(C)(C)O3)cc1. The van der Waals surface area contributed by atoms with Gasteiger partial charge in [-0.25, -0.2) is 0 Å². The topological polar surface area (TPSA) is 39.7 Å². The van der Waals surface area contributed by atoms with Crippen molar-refractivity contribution in [3.8, 4) is 5.75 Å². The van der Waals surface area contributed by atoms with Crippen LogP contribution in [-0.2, 0) is 34.6 Å². The van der Waals surface area contributed by atoms with Crippen molar-refractivity contribution < 1.29 is 14.2 Å². The third-order valence-electron chi connectivity index (χ3n) is 7.51. The van der Waals surface area contributed by atoms with Crippen molar-refractivity contribution in [1.82, 2.24) is 0 Å². The maximum Gasteiger partial charge on any atom is 0.132 e. The Morgan fingerprint density at radius 2 is 1.32 bits per heavy atom. The monoisotopic (exact) mass is 535 g/mol. The van der Waals surface area contributed by atoms with Crippen LogP contribution in [0, 0.1) is 0 Å². The zero-order valence-electron chi connectivity index (χ0n) is 24.3. The molecule has 4 aromatic rings. The van der Waals surface area contributed by atoms with Gasteiger partial charge in [-0.2, -0.15) is 0 Å². The quantitative estimate of drug-likeness (QED) is 0.233. The van der Waals surface area contributed by atoms with Gasteiger partial charge in [-0.3, -0.25) is 0 Å². The van der Waals surface area contributed by atoms with Crippen molar-refractivity contribution in [2.75, 3.05) is 5.32 Å². The highest BCUT2D eigenvalue weighted by molar-refractivity contribution is 5.54. The lowest BCUT2D eigenvalue weighted by Gasteiger charge is -2.44. The van der Waals surface area contributed by atoms with Crippen molar-refractivity contribution >= 4 is 5.69 Å². The van der Waals surface area contributed by atoms with Gasteiger partial charge in [-0.1, -0.05) is 106 Å². The Morgan fingerprint density at radius 3 is 1.93 bits per heavy atom. The summed E-state index contributed by atoms with van der Waals surface area (Å²) in [5, 5.41) is 3.61. The van der Waals surface area contributed by atoms with Crippen molar-refractivity contribution in [1.29, 1.82) is 0 Å². The highest BCUT2D eigenvalue weighted by Crippen LogP contribution is 2.45. The number of hydrogen-bond donors (Lipinski definition) is 1. The van der Waals surface area contributed by atoms with Gasteiger partial charge in [0.1, 0.15) is 23.6 Å². The first-order chi connectivity index (χ1) is 19.2. The van der Waals surface area contributed by atoms with Crippen LogP contribution in [0.4, 0.5) is 5.69 Å². The van der Waals surface area contributed by atoms with E-state index in [1.54, 1.807) is 0 Å². The van der Waals surface area contributed by atoms with Gasteiger partial charge in [0.25, 0.3) is 0 Å². The molecule has 0 amide bonds.